The highest BCUT2D eigenvalue weighted by Crippen LogP contribution is 2.30. The summed E-state index contributed by atoms with van der Waals surface area (Å²) in [6.45, 7) is 1.85. The highest BCUT2D eigenvalue weighted by molar-refractivity contribution is 5.29. The summed E-state index contributed by atoms with van der Waals surface area (Å²) in [6, 6.07) is 7.13. The minimum Gasteiger partial charge on any atom is -0.435 e. The van der Waals surface area contributed by atoms with Crippen molar-refractivity contribution in [3.63, 3.8) is 0 Å². The zero-order valence-corrected chi connectivity index (χ0v) is 12.4. The summed E-state index contributed by atoms with van der Waals surface area (Å²) < 4.78 is 34.3. The van der Waals surface area contributed by atoms with E-state index in [-0.39, 0.29) is 11.8 Å². The summed E-state index contributed by atoms with van der Waals surface area (Å²) in [6.07, 6.45) is 3.24. The molecule has 0 amide bonds. The molecule has 2 unspecified atom stereocenters. The molecule has 1 aliphatic heterocycles. The summed E-state index contributed by atoms with van der Waals surface area (Å²) in [5.74, 6) is 0.620. The highest BCUT2D eigenvalue weighted by Gasteiger charge is 2.25. The normalized spacial score (nSPS) is 20.5. The number of rotatable bonds is 7. The van der Waals surface area contributed by atoms with Gasteiger partial charge in [0.2, 0.25) is 0 Å². The van der Waals surface area contributed by atoms with E-state index >= 15 is 0 Å². The number of hydrogen-bond donors (Lipinski definition) is 1. The maximum atomic E-state index is 12.2. The van der Waals surface area contributed by atoms with E-state index in [1.54, 1.807) is 12.1 Å². The second-order valence-electron chi connectivity index (χ2n) is 5.36. The lowest BCUT2D eigenvalue weighted by Crippen LogP contribution is -2.33. The Balaban J connectivity index is 2.07. The van der Waals surface area contributed by atoms with Crippen LogP contribution in [0.4, 0.5) is 8.78 Å². The lowest BCUT2D eigenvalue weighted by atomic mass is 9.88. The van der Waals surface area contributed by atoms with Crippen molar-refractivity contribution < 1.29 is 18.3 Å². The van der Waals surface area contributed by atoms with Crippen LogP contribution in [0.1, 0.15) is 37.8 Å². The Kier molecular flexibility index (Phi) is 6.39. The van der Waals surface area contributed by atoms with Crippen LogP contribution < -0.4 is 10.1 Å². The van der Waals surface area contributed by atoms with Crippen LogP contribution in [0.25, 0.3) is 0 Å². The zero-order chi connectivity index (χ0) is 15.1. The first-order chi connectivity index (χ1) is 10.2. The molecule has 0 bridgehead atoms. The van der Waals surface area contributed by atoms with Crippen LogP contribution in [0.5, 0.6) is 5.75 Å². The van der Waals surface area contributed by atoms with E-state index in [0.29, 0.717) is 5.92 Å². The fourth-order valence-corrected chi connectivity index (χ4v) is 2.74. The molecule has 2 rings (SSSR count). The lowest BCUT2D eigenvalue weighted by molar-refractivity contribution is -0.0498. The highest BCUT2D eigenvalue weighted by atomic mass is 19.3. The van der Waals surface area contributed by atoms with E-state index < -0.39 is 6.61 Å². The summed E-state index contributed by atoms with van der Waals surface area (Å²) in [7, 11) is 0. The minimum absolute atomic E-state index is 0.197. The first-order valence-electron chi connectivity index (χ1n) is 7.56. The Morgan fingerprint density at radius 1 is 1.33 bits per heavy atom. The number of ether oxygens (including phenoxy) is 2. The predicted octanol–water partition coefficient (Wildman–Crippen LogP) is 3.76. The Bertz CT molecular complexity index is 405. The molecule has 1 heterocycles. The van der Waals surface area contributed by atoms with Gasteiger partial charge in [-0.2, -0.15) is 8.78 Å². The molecule has 1 aromatic rings. The van der Waals surface area contributed by atoms with Crippen LogP contribution in [0.15, 0.2) is 24.3 Å². The molecule has 5 heteroatoms. The number of halogens is 2. The van der Waals surface area contributed by atoms with Gasteiger partial charge in [0.1, 0.15) is 5.75 Å². The number of alkyl halides is 2. The molecule has 1 saturated heterocycles. The van der Waals surface area contributed by atoms with Crippen molar-refractivity contribution in [2.75, 3.05) is 19.8 Å². The quantitative estimate of drug-likeness (QED) is 0.831. The van der Waals surface area contributed by atoms with Gasteiger partial charge in [0.25, 0.3) is 0 Å². The first kappa shape index (κ1) is 16.2. The van der Waals surface area contributed by atoms with Gasteiger partial charge in [-0.1, -0.05) is 19.1 Å². The van der Waals surface area contributed by atoms with Crippen molar-refractivity contribution in [2.24, 2.45) is 5.92 Å². The van der Waals surface area contributed by atoms with E-state index in [2.05, 4.69) is 17.0 Å². The van der Waals surface area contributed by atoms with Crippen LogP contribution in [0.2, 0.25) is 0 Å². The summed E-state index contributed by atoms with van der Waals surface area (Å²) in [4.78, 5) is 0. The smallest absolute Gasteiger partial charge is 0.387 e. The number of nitrogens with one attached hydrogen (secondary N) is 1. The number of hydrogen-bond acceptors (Lipinski definition) is 3. The average Bonchev–Trinajstić information content (AvgIpc) is 2.50. The van der Waals surface area contributed by atoms with Crippen LogP contribution in [-0.4, -0.2) is 26.4 Å². The molecule has 0 radical (unpaired) electrons. The third-order valence-electron chi connectivity index (χ3n) is 3.75. The molecule has 2 atom stereocenters. The average molecular weight is 299 g/mol. The molecular formula is C16H23F2NO2. The molecule has 1 N–H and O–H groups in total. The van der Waals surface area contributed by atoms with E-state index in [4.69, 9.17) is 4.74 Å². The molecule has 0 saturated carbocycles. The Hall–Kier alpha value is -1.20. The maximum absolute atomic E-state index is 12.2. The third-order valence-corrected chi connectivity index (χ3v) is 3.75. The molecule has 1 aliphatic rings. The van der Waals surface area contributed by atoms with Crippen molar-refractivity contribution in [2.45, 2.75) is 38.8 Å². The van der Waals surface area contributed by atoms with E-state index in [1.807, 2.05) is 12.1 Å². The zero-order valence-electron chi connectivity index (χ0n) is 12.4. The largest absolute Gasteiger partial charge is 0.435 e. The monoisotopic (exact) mass is 299 g/mol. The molecule has 21 heavy (non-hydrogen) atoms. The lowest BCUT2D eigenvalue weighted by Gasteiger charge is -2.31. The van der Waals surface area contributed by atoms with Gasteiger partial charge in [-0.25, -0.2) is 0 Å². The van der Waals surface area contributed by atoms with Crippen molar-refractivity contribution in [3.05, 3.63) is 29.8 Å². The molecule has 1 aromatic carbocycles. The van der Waals surface area contributed by atoms with E-state index in [9.17, 15) is 8.78 Å². The van der Waals surface area contributed by atoms with Crippen LogP contribution >= 0.6 is 0 Å². The molecule has 0 aromatic heterocycles. The first-order valence-corrected chi connectivity index (χ1v) is 7.56. The summed E-state index contributed by atoms with van der Waals surface area (Å²) >= 11 is 0. The van der Waals surface area contributed by atoms with Crippen molar-refractivity contribution >= 4 is 0 Å². The van der Waals surface area contributed by atoms with Crippen LogP contribution in [0, 0.1) is 5.92 Å². The molecule has 0 spiro atoms. The predicted molar refractivity (Wildman–Crippen MR) is 77.7 cm³/mol. The van der Waals surface area contributed by atoms with Gasteiger partial charge in [0.15, 0.2) is 0 Å². The second-order valence-corrected chi connectivity index (χ2v) is 5.36. The van der Waals surface area contributed by atoms with Gasteiger partial charge in [0.05, 0.1) is 6.61 Å². The standard InChI is InChI=1S/C16H23F2NO2/c1-2-9-19-15(13-4-3-10-20-11-13)12-5-7-14(8-6-12)21-16(17)18/h5-8,13,15-16,19H,2-4,9-11H2,1H3. The van der Waals surface area contributed by atoms with E-state index in [1.165, 1.54) is 0 Å². The Morgan fingerprint density at radius 2 is 2.10 bits per heavy atom. The van der Waals surface area contributed by atoms with Crippen molar-refractivity contribution in [3.8, 4) is 5.75 Å². The van der Waals surface area contributed by atoms with Gasteiger partial charge in [0, 0.05) is 18.6 Å². The summed E-state index contributed by atoms with van der Waals surface area (Å²) in [5, 5.41) is 3.55. The van der Waals surface area contributed by atoms with Gasteiger partial charge in [-0.3, -0.25) is 0 Å². The van der Waals surface area contributed by atoms with Gasteiger partial charge in [-0.15, -0.1) is 0 Å². The Labute approximate surface area is 124 Å². The molecule has 1 fully saturated rings. The topological polar surface area (TPSA) is 30.5 Å². The third kappa shape index (κ3) is 4.93. The van der Waals surface area contributed by atoms with Crippen molar-refractivity contribution in [1.82, 2.24) is 5.32 Å². The van der Waals surface area contributed by atoms with Crippen LogP contribution in [0.3, 0.4) is 0 Å². The van der Waals surface area contributed by atoms with Gasteiger partial charge in [-0.05, 0) is 43.5 Å². The Morgan fingerprint density at radius 3 is 2.67 bits per heavy atom. The maximum Gasteiger partial charge on any atom is 0.387 e. The molecule has 3 nitrogen and oxygen atoms in total. The summed E-state index contributed by atoms with van der Waals surface area (Å²) in [5.41, 5.74) is 1.10. The SMILES string of the molecule is CCCNC(c1ccc(OC(F)F)cc1)C1CCCOC1. The molecule has 0 aliphatic carbocycles. The number of benzene rings is 1. The second kappa shape index (κ2) is 8.29. The van der Waals surface area contributed by atoms with E-state index in [0.717, 1.165) is 44.6 Å². The minimum atomic E-state index is -2.78. The fourth-order valence-electron chi connectivity index (χ4n) is 2.74. The van der Waals surface area contributed by atoms with Gasteiger partial charge < -0.3 is 14.8 Å². The fraction of sp³-hybridized carbons (Fsp3) is 0.625. The molecule has 118 valence electrons. The van der Waals surface area contributed by atoms with Crippen molar-refractivity contribution in [1.29, 1.82) is 0 Å². The molecular weight excluding hydrogens is 276 g/mol. The van der Waals surface area contributed by atoms with Crippen LogP contribution in [-0.2, 0) is 4.74 Å². The van der Waals surface area contributed by atoms with Gasteiger partial charge >= 0.3 is 6.61 Å².